The molecule has 1 rings (SSSR count). The van der Waals surface area contributed by atoms with Gasteiger partial charge in [-0.25, -0.2) is 4.79 Å². The molecule has 0 radical (unpaired) electrons. The van der Waals surface area contributed by atoms with Crippen LogP contribution in [-0.2, 0) is 0 Å². The maximum absolute atomic E-state index is 10.4. The Bertz CT molecular complexity index is 336. The van der Waals surface area contributed by atoms with Crippen LogP contribution in [0.2, 0.25) is 0 Å². The number of carboxylic acids is 1. The normalized spacial score (nSPS) is 9.28. The van der Waals surface area contributed by atoms with Crippen molar-refractivity contribution in [2.24, 2.45) is 5.73 Å². The van der Waals surface area contributed by atoms with E-state index in [-0.39, 0.29) is 5.56 Å². The Hall–Kier alpha value is -1.55. The van der Waals surface area contributed by atoms with Crippen LogP contribution in [0.3, 0.4) is 0 Å². The van der Waals surface area contributed by atoms with E-state index >= 15 is 0 Å². The summed E-state index contributed by atoms with van der Waals surface area (Å²) in [4.78, 5) is 10.4. The van der Waals surface area contributed by atoms with Crippen molar-refractivity contribution in [1.29, 1.82) is 0 Å². The highest BCUT2D eigenvalue weighted by Gasteiger charge is 2.01. The summed E-state index contributed by atoms with van der Waals surface area (Å²) in [5.41, 5.74) is 5.51. The first-order valence-electron chi connectivity index (χ1n) is 6.23. The molecule has 0 saturated heterocycles. The average molecular weight is 253 g/mol. The SMILES string of the molecule is CCCCCCN.COc1cccc(C(=O)O)c1. The fourth-order valence-corrected chi connectivity index (χ4v) is 1.33. The topological polar surface area (TPSA) is 72.5 Å². The number of aromatic carboxylic acids is 1. The van der Waals surface area contributed by atoms with Crippen molar-refractivity contribution in [1.82, 2.24) is 0 Å². The maximum atomic E-state index is 10.4. The standard InChI is InChI=1S/C8H8O3.C6H15N/c1-11-7-4-2-3-6(5-7)8(9)10;1-2-3-4-5-6-7/h2-5H,1H3,(H,9,10);2-7H2,1H3. The minimum Gasteiger partial charge on any atom is -0.497 e. The first kappa shape index (κ1) is 16.4. The fraction of sp³-hybridized carbons (Fsp3) is 0.500. The zero-order valence-corrected chi connectivity index (χ0v) is 11.2. The summed E-state index contributed by atoms with van der Waals surface area (Å²) >= 11 is 0. The number of nitrogens with two attached hydrogens (primary N) is 1. The largest absolute Gasteiger partial charge is 0.497 e. The van der Waals surface area contributed by atoms with Crippen LogP contribution in [-0.4, -0.2) is 24.7 Å². The zero-order valence-electron chi connectivity index (χ0n) is 11.2. The highest BCUT2D eigenvalue weighted by atomic mass is 16.5. The summed E-state index contributed by atoms with van der Waals surface area (Å²) in [6, 6.07) is 6.34. The highest BCUT2D eigenvalue weighted by Crippen LogP contribution is 2.11. The van der Waals surface area contributed by atoms with Crippen molar-refractivity contribution in [3.63, 3.8) is 0 Å². The molecule has 3 N–H and O–H groups in total. The van der Waals surface area contributed by atoms with E-state index in [0.717, 1.165) is 6.54 Å². The second-order valence-corrected chi connectivity index (χ2v) is 3.89. The van der Waals surface area contributed by atoms with Crippen molar-refractivity contribution in [2.45, 2.75) is 32.6 Å². The van der Waals surface area contributed by atoms with Crippen molar-refractivity contribution >= 4 is 5.97 Å². The number of ether oxygens (including phenoxy) is 1. The number of rotatable bonds is 6. The van der Waals surface area contributed by atoms with Gasteiger partial charge in [-0.1, -0.05) is 32.3 Å². The maximum Gasteiger partial charge on any atom is 0.335 e. The predicted molar refractivity (Wildman–Crippen MR) is 73.1 cm³/mol. The first-order valence-corrected chi connectivity index (χ1v) is 6.23. The Labute approximate surface area is 109 Å². The molecule has 0 aliphatic carbocycles. The van der Waals surface area contributed by atoms with Crippen LogP contribution in [0.25, 0.3) is 0 Å². The zero-order chi connectivity index (χ0) is 13.8. The van der Waals surface area contributed by atoms with Gasteiger partial charge in [0.15, 0.2) is 0 Å². The van der Waals surface area contributed by atoms with Gasteiger partial charge in [0.1, 0.15) is 5.75 Å². The Kier molecular flexibility index (Phi) is 9.68. The molecule has 0 atom stereocenters. The van der Waals surface area contributed by atoms with Crippen molar-refractivity contribution in [3.8, 4) is 5.75 Å². The molecule has 0 heterocycles. The lowest BCUT2D eigenvalue weighted by molar-refractivity contribution is 0.0696. The Morgan fingerprint density at radius 1 is 1.33 bits per heavy atom. The van der Waals surface area contributed by atoms with Gasteiger partial charge >= 0.3 is 5.97 Å². The van der Waals surface area contributed by atoms with Gasteiger partial charge in [-0.05, 0) is 31.2 Å². The summed E-state index contributed by atoms with van der Waals surface area (Å²) < 4.78 is 4.84. The molecule has 0 saturated carbocycles. The summed E-state index contributed by atoms with van der Waals surface area (Å²) in [5, 5.41) is 8.55. The predicted octanol–water partition coefficient (Wildman–Crippen LogP) is 2.92. The number of hydrogen-bond donors (Lipinski definition) is 2. The van der Waals surface area contributed by atoms with Crippen molar-refractivity contribution in [2.75, 3.05) is 13.7 Å². The van der Waals surface area contributed by atoms with Gasteiger partial charge in [-0.15, -0.1) is 0 Å². The Morgan fingerprint density at radius 2 is 2.06 bits per heavy atom. The lowest BCUT2D eigenvalue weighted by Gasteiger charge is -1.98. The lowest BCUT2D eigenvalue weighted by atomic mass is 10.2. The third-order valence-corrected chi connectivity index (χ3v) is 2.37. The number of carboxylic acid groups (broad SMARTS) is 1. The van der Waals surface area contributed by atoms with Gasteiger partial charge < -0.3 is 15.6 Å². The van der Waals surface area contributed by atoms with Crippen LogP contribution in [0, 0.1) is 0 Å². The highest BCUT2D eigenvalue weighted by molar-refractivity contribution is 5.87. The quantitative estimate of drug-likeness (QED) is 0.764. The molecule has 0 aliphatic heterocycles. The molecule has 4 nitrogen and oxygen atoms in total. The van der Waals surface area contributed by atoms with E-state index in [4.69, 9.17) is 15.6 Å². The molecule has 0 aromatic heterocycles. The number of methoxy groups -OCH3 is 1. The molecule has 0 bridgehead atoms. The summed E-state index contributed by atoms with van der Waals surface area (Å²) in [6.45, 7) is 3.07. The van der Waals surface area contributed by atoms with Gasteiger partial charge in [0, 0.05) is 0 Å². The van der Waals surface area contributed by atoms with Crippen LogP contribution in [0.1, 0.15) is 43.0 Å². The minimum atomic E-state index is -0.941. The summed E-state index contributed by atoms with van der Waals surface area (Å²) in [5.74, 6) is -0.381. The molecule has 1 aromatic rings. The molecule has 0 amide bonds. The molecule has 0 spiro atoms. The molecule has 0 fully saturated rings. The Morgan fingerprint density at radius 3 is 2.56 bits per heavy atom. The molecule has 0 aliphatic rings. The molecule has 0 unspecified atom stereocenters. The fourth-order valence-electron chi connectivity index (χ4n) is 1.33. The van der Waals surface area contributed by atoms with Gasteiger partial charge in [-0.3, -0.25) is 0 Å². The second-order valence-electron chi connectivity index (χ2n) is 3.89. The molecular weight excluding hydrogens is 230 g/mol. The Balaban J connectivity index is 0.000000360. The number of hydrogen-bond acceptors (Lipinski definition) is 3. The van der Waals surface area contributed by atoms with Crippen LogP contribution >= 0.6 is 0 Å². The van der Waals surface area contributed by atoms with Gasteiger partial charge in [0.05, 0.1) is 12.7 Å². The van der Waals surface area contributed by atoms with E-state index in [9.17, 15) is 4.79 Å². The van der Waals surface area contributed by atoms with Crippen molar-refractivity contribution in [3.05, 3.63) is 29.8 Å². The second kappa shape index (κ2) is 10.6. The van der Waals surface area contributed by atoms with E-state index in [0.29, 0.717) is 5.75 Å². The molecule has 102 valence electrons. The minimum absolute atomic E-state index is 0.240. The number of benzene rings is 1. The van der Waals surface area contributed by atoms with E-state index in [1.165, 1.54) is 44.9 Å². The van der Waals surface area contributed by atoms with Crippen LogP contribution < -0.4 is 10.5 Å². The van der Waals surface area contributed by atoms with Crippen LogP contribution in [0.5, 0.6) is 5.75 Å². The third kappa shape index (κ3) is 7.68. The van der Waals surface area contributed by atoms with E-state index in [1.54, 1.807) is 12.1 Å². The van der Waals surface area contributed by atoms with E-state index < -0.39 is 5.97 Å². The third-order valence-electron chi connectivity index (χ3n) is 2.37. The lowest BCUT2D eigenvalue weighted by Crippen LogP contribution is -1.97. The van der Waals surface area contributed by atoms with Gasteiger partial charge in [0.25, 0.3) is 0 Å². The summed E-state index contributed by atoms with van der Waals surface area (Å²) in [6.07, 6.45) is 5.16. The van der Waals surface area contributed by atoms with E-state index in [1.807, 2.05) is 0 Å². The molecule has 4 heteroatoms. The summed E-state index contributed by atoms with van der Waals surface area (Å²) in [7, 11) is 1.50. The van der Waals surface area contributed by atoms with E-state index in [2.05, 4.69) is 6.92 Å². The average Bonchev–Trinajstić information content (AvgIpc) is 2.40. The van der Waals surface area contributed by atoms with Gasteiger partial charge in [-0.2, -0.15) is 0 Å². The number of unbranched alkanes of at least 4 members (excludes halogenated alkanes) is 3. The number of carbonyl (C=O) groups is 1. The monoisotopic (exact) mass is 253 g/mol. The molecule has 1 aromatic carbocycles. The molecular formula is C14H23NO3. The first-order chi connectivity index (χ1) is 8.65. The molecule has 18 heavy (non-hydrogen) atoms. The smallest absolute Gasteiger partial charge is 0.335 e. The van der Waals surface area contributed by atoms with Crippen molar-refractivity contribution < 1.29 is 14.6 Å². The van der Waals surface area contributed by atoms with Crippen LogP contribution in [0.4, 0.5) is 0 Å². The van der Waals surface area contributed by atoms with Crippen LogP contribution in [0.15, 0.2) is 24.3 Å². The van der Waals surface area contributed by atoms with Gasteiger partial charge in [0.2, 0.25) is 0 Å².